The second kappa shape index (κ2) is 4.72. The van der Waals surface area contributed by atoms with Gasteiger partial charge in [0.15, 0.2) is 5.16 Å². The number of nitrogens with zero attached hydrogens (tertiary/aromatic N) is 2. The molecule has 1 aliphatic rings. The van der Waals surface area contributed by atoms with Gasteiger partial charge in [-0.3, -0.25) is 0 Å². The first-order valence-electron chi connectivity index (χ1n) is 5.74. The molecule has 1 N–H and O–H groups in total. The average molecular weight is 238 g/mol. The maximum atomic E-state index is 9.77. The van der Waals surface area contributed by atoms with E-state index in [1.165, 1.54) is 0 Å². The molecule has 1 aromatic rings. The Bertz CT molecular complexity index is 372. The molecule has 2 atom stereocenters. The van der Waals surface area contributed by atoms with Crippen molar-refractivity contribution in [2.24, 2.45) is 0 Å². The molecule has 0 aliphatic heterocycles. The summed E-state index contributed by atoms with van der Waals surface area (Å²) < 4.78 is 0. The highest BCUT2D eigenvalue weighted by Crippen LogP contribution is 2.33. The van der Waals surface area contributed by atoms with Gasteiger partial charge in [0.2, 0.25) is 0 Å². The lowest BCUT2D eigenvalue weighted by molar-refractivity contribution is 0.188. The standard InChI is InChI=1S/C12H18N2OS/c1-7-8(2)13-12(14-9(7)3)16-11-6-4-5-10(11)15/h10-11,15H,4-6H2,1-3H3/t10-,11-/m0/s1. The van der Waals surface area contributed by atoms with Crippen molar-refractivity contribution in [2.75, 3.05) is 0 Å². The zero-order chi connectivity index (χ0) is 11.7. The zero-order valence-corrected chi connectivity index (χ0v) is 10.8. The number of hydrogen-bond donors (Lipinski definition) is 1. The summed E-state index contributed by atoms with van der Waals surface area (Å²) in [6, 6.07) is 0. The first kappa shape index (κ1) is 11.9. The molecule has 0 radical (unpaired) electrons. The normalized spacial score (nSPS) is 25.0. The molecule has 88 valence electrons. The molecule has 1 saturated carbocycles. The largest absolute Gasteiger partial charge is 0.392 e. The highest BCUT2D eigenvalue weighted by atomic mass is 32.2. The molecular weight excluding hydrogens is 220 g/mol. The van der Waals surface area contributed by atoms with E-state index in [9.17, 15) is 5.11 Å². The van der Waals surface area contributed by atoms with Crippen molar-refractivity contribution in [1.29, 1.82) is 0 Å². The Labute approximate surface area is 101 Å². The molecular formula is C12H18N2OS. The van der Waals surface area contributed by atoms with E-state index in [1.54, 1.807) is 11.8 Å². The van der Waals surface area contributed by atoms with Crippen LogP contribution >= 0.6 is 11.8 Å². The SMILES string of the molecule is Cc1nc(S[C@H]2CCC[C@@H]2O)nc(C)c1C. The van der Waals surface area contributed by atoms with Crippen molar-refractivity contribution in [3.63, 3.8) is 0 Å². The van der Waals surface area contributed by atoms with Crippen molar-refractivity contribution in [3.8, 4) is 0 Å². The number of thioether (sulfide) groups is 1. The number of rotatable bonds is 2. The van der Waals surface area contributed by atoms with Gasteiger partial charge in [-0.1, -0.05) is 11.8 Å². The lowest BCUT2D eigenvalue weighted by Crippen LogP contribution is -2.15. The predicted octanol–water partition coefficient (Wildman–Crippen LogP) is 2.41. The van der Waals surface area contributed by atoms with Crippen LogP contribution in [0.2, 0.25) is 0 Å². The van der Waals surface area contributed by atoms with Crippen LogP contribution in [0.4, 0.5) is 0 Å². The van der Waals surface area contributed by atoms with Gasteiger partial charge in [0, 0.05) is 16.6 Å². The maximum absolute atomic E-state index is 9.77. The molecule has 1 aliphatic carbocycles. The van der Waals surface area contributed by atoms with E-state index in [4.69, 9.17) is 0 Å². The molecule has 0 aromatic carbocycles. The molecule has 0 saturated heterocycles. The van der Waals surface area contributed by atoms with Gasteiger partial charge in [-0.05, 0) is 45.6 Å². The van der Waals surface area contributed by atoms with Crippen LogP contribution in [0.15, 0.2) is 5.16 Å². The molecule has 2 rings (SSSR count). The fraction of sp³-hybridized carbons (Fsp3) is 0.667. The minimum Gasteiger partial charge on any atom is -0.392 e. The molecule has 0 spiro atoms. The minimum absolute atomic E-state index is 0.185. The van der Waals surface area contributed by atoms with E-state index >= 15 is 0 Å². The van der Waals surface area contributed by atoms with E-state index in [1.807, 2.05) is 20.8 Å². The number of hydrogen-bond acceptors (Lipinski definition) is 4. The Morgan fingerprint density at radius 2 is 1.75 bits per heavy atom. The molecule has 1 aromatic heterocycles. The predicted molar refractivity (Wildman–Crippen MR) is 65.7 cm³/mol. The van der Waals surface area contributed by atoms with Crippen molar-refractivity contribution < 1.29 is 5.11 Å². The lowest BCUT2D eigenvalue weighted by Gasteiger charge is -2.13. The lowest BCUT2D eigenvalue weighted by atomic mass is 10.2. The Kier molecular flexibility index (Phi) is 3.50. The smallest absolute Gasteiger partial charge is 0.188 e. The maximum Gasteiger partial charge on any atom is 0.188 e. The van der Waals surface area contributed by atoms with Crippen LogP contribution in [-0.4, -0.2) is 26.4 Å². The van der Waals surface area contributed by atoms with E-state index in [-0.39, 0.29) is 11.4 Å². The van der Waals surface area contributed by atoms with Crippen molar-refractivity contribution >= 4 is 11.8 Å². The van der Waals surface area contributed by atoms with Crippen LogP contribution in [0.5, 0.6) is 0 Å². The molecule has 0 amide bonds. The van der Waals surface area contributed by atoms with E-state index < -0.39 is 0 Å². The summed E-state index contributed by atoms with van der Waals surface area (Å²) in [5, 5.41) is 10.9. The summed E-state index contributed by atoms with van der Waals surface area (Å²) in [4.78, 5) is 8.94. The van der Waals surface area contributed by atoms with Gasteiger partial charge in [0.25, 0.3) is 0 Å². The third-order valence-corrected chi connectivity index (χ3v) is 4.53. The highest BCUT2D eigenvalue weighted by molar-refractivity contribution is 7.99. The summed E-state index contributed by atoms with van der Waals surface area (Å²) in [7, 11) is 0. The summed E-state index contributed by atoms with van der Waals surface area (Å²) in [5.41, 5.74) is 3.25. The molecule has 16 heavy (non-hydrogen) atoms. The number of aryl methyl sites for hydroxylation is 2. The first-order chi connectivity index (χ1) is 7.58. The van der Waals surface area contributed by atoms with E-state index in [0.29, 0.717) is 0 Å². The summed E-state index contributed by atoms with van der Waals surface area (Å²) >= 11 is 1.62. The third kappa shape index (κ3) is 2.38. The number of aliphatic hydroxyl groups excluding tert-OH is 1. The number of aliphatic hydroxyl groups is 1. The highest BCUT2D eigenvalue weighted by Gasteiger charge is 2.27. The van der Waals surface area contributed by atoms with Gasteiger partial charge >= 0.3 is 0 Å². The first-order valence-corrected chi connectivity index (χ1v) is 6.62. The van der Waals surface area contributed by atoms with Crippen LogP contribution in [0.1, 0.15) is 36.2 Å². The van der Waals surface area contributed by atoms with E-state index in [0.717, 1.165) is 41.4 Å². The molecule has 1 fully saturated rings. The second-order valence-electron chi connectivity index (χ2n) is 4.46. The zero-order valence-electron chi connectivity index (χ0n) is 10.0. The fourth-order valence-corrected chi connectivity index (χ4v) is 3.20. The van der Waals surface area contributed by atoms with Crippen LogP contribution in [-0.2, 0) is 0 Å². The van der Waals surface area contributed by atoms with Gasteiger partial charge in [0.1, 0.15) is 0 Å². The number of aromatic nitrogens is 2. The molecule has 3 nitrogen and oxygen atoms in total. The quantitative estimate of drug-likeness (QED) is 0.804. The third-order valence-electron chi connectivity index (χ3n) is 3.29. The van der Waals surface area contributed by atoms with Crippen molar-refractivity contribution in [2.45, 2.75) is 56.5 Å². The fourth-order valence-electron chi connectivity index (χ4n) is 1.97. The van der Waals surface area contributed by atoms with Crippen LogP contribution < -0.4 is 0 Å². The monoisotopic (exact) mass is 238 g/mol. The van der Waals surface area contributed by atoms with E-state index in [2.05, 4.69) is 9.97 Å². The summed E-state index contributed by atoms with van der Waals surface area (Å²) in [6.07, 6.45) is 2.92. The van der Waals surface area contributed by atoms with Gasteiger partial charge < -0.3 is 5.11 Å². The summed E-state index contributed by atoms with van der Waals surface area (Å²) in [6.45, 7) is 6.07. The Morgan fingerprint density at radius 1 is 1.12 bits per heavy atom. The second-order valence-corrected chi connectivity index (χ2v) is 5.66. The summed E-state index contributed by atoms with van der Waals surface area (Å²) in [5.74, 6) is 0. The molecule has 0 bridgehead atoms. The average Bonchev–Trinajstić information content (AvgIpc) is 2.61. The minimum atomic E-state index is -0.185. The van der Waals surface area contributed by atoms with Crippen LogP contribution in [0.25, 0.3) is 0 Å². The molecule has 0 unspecified atom stereocenters. The topological polar surface area (TPSA) is 46.0 Å². The molecule has 4 heteroatoms. The van der Waals surface area contributed by atoms with Gasteiger partial charge in [-0.25, -0.2) is 9.97 Å². The molecule has 1 heterocycles. The Balaban J connectivity index is 2.15. The Morgan fingerprint density at radius 3 is 2.25 bits per heavy atom. The van der Waals surface area contributed by atoms with Crippen LogP contribution in [0, 0.1) is 20.8 Å². The van der Waals surface area contributed by atoms with Gasteiger partial charge in [-0.2, -0.15) is 0 Å². The van der Waals surface area contributed by atoms with Crippen LogP contribution in [0.3, 0.4) is 0 Å². The van der Waals surface area contributed by atoms with Gasteiger partial charge in [0.05, 0.1) is 6.10 Å². The van der Waals surface area contributed by atoms with Crippen molar-refractivity contribution in [1.82, 2.24) is 9.97 Å². The van der Waals surface area contributed by atoms with Crippen molar-refractivity contribution in [3.05, 3.63) is 17.0 Å². The van der Waals surface area contributed by atoms with Gasteiger partial charge in [-0.15, -0.1) is 0 Å². The Hall–Kier alpha value is -0.610.